The van der Waals surface area contributed by atoms with Gasteiger partial charge >= 0.3 is 0 Å². The lowest BCUT2D eigenvalue weighted by molar-refractivity contribution is -0.114. The van der Waals surface area contributed by atoms with Gasteiger partial charge in [-0.15, -0.1) is 0 Å². The third kappa shape index (κ3) is 4.80. The third-order valence-corrected chi connectivity index (χ3v) is 5.01. The number of nitrogens with zero attached hydrogens (tertiary/aromatic N) is 1. The molecule has 29 heavy (non-hydrogen) atoms. The first-order valence-electron chi connectivity index (χ1n) is 8.83. The summed E-state index contributed by atoms with van der Waals surface area (Å²) in [6.45, 7) is 4.10. The van der Waals surface area contributed by atoms with E-state index in [0.29, 0.717) is 12.1 Å². The number of anilines is 3. The molecule has 0 saturated heterocycles. The van der Waals surface area contributed by atoms with E-state index >= 15 is 0 Å². The Morgan fingerprint density at radius 3 is 2.66 bits per heavy atom. The number of nitrogens with one attached hydrogen (secondary N) is 2. The quantitative estimate of drug-likeness (QED) is 0.732. The van der Waals surface area contributed by atoms with Crippen molar-refractivity contribution in [2.45, 2.75) is 12.8 Å². The van der Waals surface area contributed by atoms with E-state index in [1.807, 2.05) is 0 Å². The fraction of sp³-hybridized carbons (Fsp3) is 0.200. The Balaban J connectivity index is 1.82. The average molecular weight is 417 g/mol. The maximum Gasteiger partial charge on any atom is 0.255 e. The van der Waals surface area contributed by atoms with Crippen LogP contribution in [0, 0.1) is 5.82 Å². The molecule has 1 aliphatic heterocycles. The Kier molecular flexibility index (Phi) is 5.69. The van der Waals surface area contributed by atoms with Crippen LogP contribution in [0.15, 0.2) is 49.1 Å². The highest BCUT2D eigenvalue weighted by atomic mass is 32.2. The minimum atomic E-state index is -3.66. The number of hydrogen-bond donors (Lipinski definition) is 2. The molecule has 0 bridgehead atoms. The molecule has 2 amide bonds. The van der Waals surface area contributed by atoms with Crippen LogP contribution in [-0.4, -0.2) is 33.0 Å². The molecule has 2 aromatic rings. The van der Waals surface area contributed by atoms with Crippen LogP contribution in [0.3, 0.4) is 0 Å². The van der Waals surface area contributed by atoms with Gasteiger partial charge in [-0.1, -0.05) is 6.58 Å². The van der Waals surface area contributed by atoms with Crippen LogP contribution < -0.4 is 14.9 Å². The number of sulfonamides is 1. The molecular weight excluding hydrogens is 397 g/mol. The SMILES string of the molecule is C=CC(=O)N1CCCc2cc(C(=O)Nc3ccc(F)c(NS(C)(=O)=O)c3)ccc21. The van der Waals surface area contributed by atoms with Crippen molar-refractivity contribution in [3.05, 3.63) is 66.0 Å². The van der Waals surface area contributed by atoms with Crippen molar-refractivity contribution in [1.29, 1.82) is 0 Å². The van der Waals surface area contributed by atoms with Crippen molar-refractivity contribution in [3.63, 3.8) is 0 Å². The number of amides is 2. The van der Waals surface area contributed by atoms with E-state index in [4.69, 9.17) is 0 Å². The second-order valence-electron chi connectivity index (χ2n) is 6.66. The largest absolute Gasteiger partial charge is 0.322 e. The van der Waals surface area contributed by atoms with Crippen LogP contribution in [0.4, 0.5) is 21.5 Å². The van der Waals surface area contributed by atoms with E-state index in [2.05, 4.69) is 16.6 Å². The van der Waals surface area contributed by atoms with Gasteiger partial charge in [0, 0.05) is 23.5 Å². The summed E-state index contributed by atoms with van der Waals surface area (Å²) < 4.78 is 38.5. The van der Waals surface area contributed by atoms with Gasteiger partial charge in [0.05, 0.1) is 11.9 Å². The molecule has 9 heteroatoms. The number of aryl methyl sites for hydroxylation is 1. The Bertz CT molecular complexity index is 1100. The van der Waals surface area contributed by atoms with E-state index in [1.165, 1.54) is 18.2 Å². The lowest BCUT2D eigenvalue weighted by Crippen LogP contribution is -2.34. The van der Waals surface area contributed by atoms with E-state index in [0.717, 1.165) is 36.4 Å². The van der Waals surface area contributed by atoms with Crippen molar-refractivity contribution >= 4 is 38.9 Å². The summed E-state index contributed by atoms with van der Waals surface area (Å²) in [6, 6.07) is 8.63. The monoisotopic (exact) mass is 417 g/mol. The molecule has 3 rings (SSSR count). The van der Waals surface area contributed by atoms with Crippen molar-refractivity contribution in [2.75, 3.05) is 27.7 Å². The van der Waals surface area contributed by atoms with Gasteiger partial charge in [-0.05, 0) is 60.9 Å². The zero-order valence-electron chi connectivity index (χ0n) is 15.7. The molecule has 0 aliphatic carbocycles. The summed E-state index contributed by atoms with van der Waals surface area (Å²) in [4.78, 5) is 26.2. The van der Waals surface area contributed by atoms with Gasteiger partial charge in [-0.3, -0.25) is 14.3 Å². The van der Waals surface area contributed by atoms with Crippen LogP contribution in [0.25, 0.3) is 0 Å². The van der Waals surface area contributed by atoms with Crippen LogP contribution in [0.5, 0.6) is 0 Å². The number of benzene rings is 2. The molecule has 0 unspecified atom stereocenters. The Labute approximate surface area is 168 Å². The van der Waals surface area contributed by atoms with Gasteiger partial charge in [-0.25, -0.2) is 12.8 Å². The van der Waals surface area contributed by atoms with Crippen LogP contribution >= 0.6 is 0 Å². The molecule has 152 valence electrons. The molecule has 0 saturated carbocycles. The molecule has 1 heterocycles. The van der Waals surface area contributed by atoms with Crippen molar-refractivity contribution in [3.8, 4) is 0 Å². The smallest absolute Gasteiger partial charge is 0.255 e. The molecule has 0 aromatic heterocycles. The number of hydrogen-bond acceptors (Lipinski definition) is 4. The highest BCUT2D eigenvalue weighted by molar-refractivity contribution is 7.92. The zero-order valence-corrected chi connectivity index (χ0v) is 16.6. The molecule has 0 radical (unpaired) electrons. The second-order valence-corrected chi connectivity index (χ2v) is 8.41. The van der Waals surface area contributed by atoms with Crippen LogP contribution in [-0.2, 0) is 21.2 Å². The number of fused-ring (bicyclic) bond motifs is 1. The Morgan fingerprint density at radius 1 is 1.21 bits per heavy atom. The summed E-state index contributed by atoms with van der Waals surface area (Å²) in [7, 11) is -3.66. The van der Waals surface area contributed by atoms with Crippen molar-refractivity contribution < 1.29 is 22.4 Å². The predicted octanol–water partition coefficient (Wildman–Crippen LogP) is 2.91. The molecule has 1 aliphatic rings. The Morgan fingerprint density at radius 2 is 1.97 bits per heavy atom. The van der Waals surface area contributed by atoms with Gasteiger partial charge in [0.2, 0.25) is 15.9 Å². The lowest BCUT2D eigenvalue weighted by atomic mass is 9.98. The van der Waals surface area contributed by atoms with Crippen LogP contribution in [0.2, 0.25) is 0 Å². The minimum Gasteiger partial charge on any atom is -0.322 e. The first-order chi connectivity index (χ1) is 13.7. The second kappa shape index (κ2) is 8.04. The summed E-state index contributed by atoms with van der Waals surface area (Å²) in [5, 5.41) is 2.63. The molecule has 2 N–H and O–H groups in total. The molecule has 0 fully saturated rings. The van der Waals surface area contributed by atoms with Gasteiger partial charge in [0.1, 0.15) is 5.82 Å². The zero-order chi connectivity index (χ0) is 21.2. The molecular formula is C20H20FN3O4S. The first kappa shape index (κ1) is 20.5. The normalized spacial score (nSPS) is 13.4. The van der Waals surface area contributed by atoms with Gasteiger partial charge < -0.3 is 10.2 Å². The third-order valence-electron chi connectivity index (χ3n) is 4.42. The fourth-order valence-corrected chi connectivity index (χ4v) is 3.72. The fourth-order valence-electron chi connectivity index (χ4n) is 3.16. The summed E-state index contributed by atoms with van der Waals surface area (Å²) >= 11 is 0. The predicted molar refractivity (Wildman–Crippen MR) is 110 cm³/mol. The molecule has 0 atom stereocenters. The number of carbonyl (C=O) groups excluding carboxylic acids is 2. The molecule has 0 spiro atoms. The van der Waals surface area contributed by atoms with E-state index < -0.39 is 21.7 Å². The minimum absolute atomic E-state index is 0.194. The van der Waals surface area contributed by atoms with E-state index in [9.17, 15) is 22.4 Å². The lowest BCUT2D eigenvalue weighted by Gasteiger charge is -2.28. The summed E-state index contributed by atoms with van der Waals surface area (Å²) in [6.07, 6.45) is 3.67. The standard InChI is InChI=1S/C20H20FN3O4S/c1-3-19(25)24-10-4-5-13-11-14(6-9-18(13)24)20(26)22-15-7-8-16(21)17(12-15)23-29(2,27)28/h3,6-9,11-12,23H,1,4-5,10H2,2H3,(H,22,26). The highest BCUT2D eigenvalue weighted by Gasteiger charge is 2.22. The summed E-state index contributed by atoms with van der Waals surface area (Å²) in [5.74, 6) is -1.38. The molecule has 7 nitrogen and oxygen atoms in total. The van der Waals surface area contributed by atoms with Crippen molar-refractivity contribution in [1.82, 2.24) is 0 Å². The summed E-state index contributed by atoms with van der Waals surface area (Å²) in [5.41, 5.74) is 1.98. The topological polar surface area (TPSA) is 95.6 Å². The van der Waals surface area contributed by atoms with E-state index in [1.54, 1.807) is 23.1 Å². The number of carbonyl (C=O) groups is 2. The number of halogens is 1. The Hall–Kier alpha value is -3.20. The van der Waals surface area contributed by atoms with Gasteiger partial charge in [-0.2, -0.15) is 0 Å². The van der Waals surface area contributed by atoms with Gasteiger partial charge in [0.25, 0.3) is 5.91 Å². The average Bonchev–Trinajstić information content (AvgIpc) is 2.67. The molecule has 2 aromatic carbocycles. The van der Waals surface area contributed by atoms with Crippen LogP contribution in [0.1, 0.15) is 22.3 Å². The van der Waals surface area contributed by atoms with Gasteiger partial charge in [0.15, 0.2) is 0 Å². The first-order valence-corrected chi connectivity index (χ1v) is 10.7. The maximum absolute atomic E-state index is 13.8. The van der Waals surface area contributed by atoms with Crippen molar-refractivity contribution in [2.24, 2.45) is 0 Å². The number of rotatable bonds is 5. The highest BCUT2D eigenvalue weighted by Crippen LogP contribution is 2.29. The van der Waals surface area contributed by atoms with E-state index in [-0.39, 0.29) is 17.3 Å². The maximum atomic E-state index is 13.8.